The van der Waals surface area contributed by atoms with E-state index < -0.39 is 0 Å². The van der Waals surface area contributed by atoms with Gasteiger partial charge in [-0.2, -0.15) is 0 Å². The molecule has 1 saturated heterocycles. The Morgan fingerprint density at radius 3 is 1.95 bits per heavy atom. The van der Waals surface area contributed by atoms with Gasteiger partial charge in [-0.3, -0.25) is 14.5 Å². The number of imide groups is 1. The summed E-state index contributed by atoms with van der Waals surface area (Å²) in [5.41, 5.74) is 0. The van der Waals surface area contributed by atoms with Gasteiger partial charge in [0.25, 0.3) is 0 Å². The average molecular weight is 271 g/mol. The van der Waals surface area contributed by atoms with E-state index in [1.54, 1.807) is 4.90 Å². The summed E-state index contributed by atoms with van der Waals surface area (Å²) in [6, 6.07) is 0.213. The Bertz CT molecular complexity index is 483. The van der Waals surface area contributed by atoms with Crippen molar-refractivity contribution in [1.29, 1.82) is 0 Å². The van der Waals surface area contributed by atoms with Crippen molar-refractivity contribution in [2.75, 3.05) is 0 Å². The number of likely N-dealkylation sites (tertiary alicyclic amines) is 1. The maximum Gasteiger partial charge on any atom is 0.233 e. The molecule has 6 aliphatic rings. The Morgan fingerprint density at radius 2 is 1.40 bits per heavy atom. The van der Waals surface area contributed by atoms with Crippen molar-refractivity contribution in [3.8, 4) is 0 Å². The SMILES string of the molecule is O=C1[C@H]2[C@@H]3C=C[C@H]([C@H]4C[C@H]34)[C@@H]2C(=O)N1C1CCCCC1. The van der Waals surface area contributed by atoms with Gasteiger partial charge in [0, 0.05) is 6.04 Å². The second kappa shape index (κ2) is 3.75. The highest BCUT2D eigenvalue weighted by Gasteiger charge is 2.67. The molecule has 0 unspecified atom stereocenters. The largest absolute Gasteiger partial charge is 0.279 e. The van der Waals surface area contributed by atoms with Crippen LogP contribution in [0.1, 0.15) is 38.5 Å². The van der Waals surface area contributed by atoms with E-state index in [-0.39, 0.29) is 29.7 Å². The van der Waals surface area contributed by atoms with Gasteiger partial charge in [0.1, 0.15) is 0 Å². The molecule has 3 heteroatoms. The molecule has 6 rings (SSSR count). The number of amides is 2. The van der Waals surface area contributed by atoms with Crippen molar-refractivity contribution in [1.82, 2.24) is 4.90 Å². The Morgan fingerprint density at radius 1 is 0.850 bits per heavy atom. The molecular weight excluding hydrogens is 250 g/mol. The molecule has 0 aromatic carbocycles. The van der Waals surface area contributed by atoms with Gasteiger partial charge in [0.05, 0.1) is 11.8 Å². The summed E-state index contributed by atoms with van der Waals surface area (Å²) in [5.74, 6) is 2.54. The standard InChI is InChI=1S/C17H21NO2/c19-16-14-10-6-7-11(13-8-12(10)13)15(14)17(20)18(16)9-4-2-1-3-5-9/h6-7,9-15H,1-5,8H2/t10-,11-,12-,13-,14+,15+/m1/s1. The van der Waals surface area contributed by atoms with Crippen LogP contribution in [0.25, 0.3) is 0 Å². The summed E-state index contributed by atoms with van der Waals surface area (Å²) in [4.78, 5) is 27.5. The van der Waals surface area contributed by atoms with Gasteiger partial charge >= 0.3 is 0 Å². The van der Waals surface area contributed by atoms with E-state index in [2.05, 4.69) is 12.2 Å². The monoisotopic (exact) mass is 271 g/mol. The van der Waals surface area contributed by atoms with Crippen molar-refractivity contribution >= 4 is 11.8 Å². The molecule has 1 aliphatic heterocycles. The number of carbonyl (C=O) groups is 2. The van der Waals surface area contributed by atoms with E-state index in [1.165, 1.54) is 25.7 Å². The Kier molecular flexibility index (Phi) is 2.16. The molecule has 0 N–H and O–H groups in total. The molecule has 106 valence electrons. The zero-order chi connectivity index (χ0) is 13.4. The maximum atomic E-state index is 12.9. The first-order chi connectivity index (χ1) is 9.77. The van der Waals surface area contributed by atoms with Gasteiger partial charge in [0.2, 0.25) is 11.8 Å². The molecule has 0 aromatic heterocycles. The molecule has 5 aliphatic carbocycles. The van der Waals surface area contributed by atoms with E-state index in [1.807, 2.05) is 0 Å². The molecule has 0 aromatic rings. The van der Waals surface area contributed by atoms with Crippen molar-refractivity contribution in [2.45, 2.75) is 44.6 Å². The summed E-state index contributed by atoms with van der Waals surface area (Å²) < 4.78 is 0. The van der Waals surface area contributed by atoms with Crippen LogP contribution in [0.4, 0.5) is 0 Å². The van der Waals surface area contributed by atoms with Gasteiger partial charge in [0.15, 0.2) is 0 Å². The number of allylic oxidation sites excluding steroid dienone is 2. The lowest BCUT2D eigenvalue weighted by molar-refractivity contribution is -0.143. The lowest BCUT2D eigenvalue weighted by Gasteiger charge is -2.37. The summed E-state index contributed by atoms with van der Waals surface area (Å²) >= 11 is 0. The van der Waals surface area contributed by atoms with Crippen LogP contribution in [0.15, 0.2) is 12.2 Å². The number of hydrogen-bond donors (Lipinski definition) is 0. The summed E-state index contributed by atoms with van der Waals surface area (Å²) in [6.07, 6.45) is 11.4. The zero-order valence-corrected chi connectivity index (χ0v) is 11.7. The van der Waals surface area contributed by atoms with Gasteiger partial charge in [-0.25, -0.2) is 0 Å². The van der Waals surface area contributed by atoms with E-state index >= 15 is 0 Å². The molecule has 2 amide bonds. The van der Waals surface area contributed by atoms with Crippen molar-refractivity contribution in [3.05, 3.63) is 12.2 Å². The van der Waals surface area contributed by atoms with Crippen LogP contribution >= 0.6 is 0 Å². The third-order valence-electron chi connectivity index (χ3n) is 6.64. The molecular formula is C17H21NO2. The summed E-state index contributed by atoms with van der Waals surface area (Å²) in [7, 11) is 0. The second-order valence-corrected chi connectivity index (χ2v) is 7.49. The molecule has 20 heavy (non-hydrogen) atoms. The van der Waals surface area contributed by atoms with E-state index in [4.69, 9.17) is 0 Å². The highest BCUT2D eigenvalue weighted by molar-refractivity contribution is 6.06. The third-order valence-corrected chi connectivity index (χ3v) is 6.64. The molecule has 0 spiro atoms. The van der Waals surface area contributed by atoms with Crippen molar-refractivity contribution in [2.24, 2.45) is 35.5 Å². The van der Waals surface area contributed by atoms with Gasteiger partial charge < -0.3 is 0 Å². The van der Waals surface area contributed by atoms with Crippen LogP contribution in [-0.4, -0.2) is 22.8 Å². The van der Waals surface area contributed by atoms with Crippen molar-refractivity contribution in [3.63, 3.8) is 0 Å². The first kappa shape index (κ1) is 11.5. The molecule has 1 heterocycles. The summed E-state index contributed by atoms with van der Waals surface area (Å²) in [5, 5.41) is 0. The fourth-order valence-electron chi connectivity index (χ4n) is 5.68. The number of hydrogen-bond acceptors (Lipinski definition) is 2. The Labute approximate surface area is 119 Å². The molecule has 2 bridgehead atoms. The minimum atomic E-state index is 0.00294. The molecule has 0 radical (unpaired) electrons. The van der Waals surface area contributed by atoms with Crippen molar-refractivity contribution < 1.29 is 9.59 Å². The topological polar surface area (TPSA) is 37.4 Å². The number of carbonyl (C=O) groups excluding carboxylic acids is 2. The lowest BCUT2D eigenvalue weighted by atomic mass is 9.63. The normalized spacial score (nSPS) is 49.5. The minimum absolute atomic E-state index is 0.00294. The first-order valence-electron chi connectivity index (χ1n) is 8.32. The van der Waals surface area contributed by atoms with E-state index in [9.17, 15) is 9.59 Å². The van der Waals surface area contributed by atoms with Crippen LogP contribution in [0.2, 0.25) is 0 Å². The molecule has 6 atom stereocenters. The molecule has 3 saturated carbocycles. The van der Waals surface area contributed by atoms with Crippen LogP contribution in [0.3, 0.4) is 0 Å². The summed E-state index contributed by atoms with van der Waals surface area (Å²) in [6.45, 7) is 0. The predicted octanol–water partition coefficient (Wildman–Crippen LogP) is 2.37. The minimum Gasteiger partial charge on any atom is -0.279 e. The second-order valence-electron chi connectivity index (χ2n) is 7.49. The molecule has 4 fully saturated rings. The van der Waals surface area contributed by atoms with Crippen LogP contribution in [0.5, 0.6) is 0 Å². The van der Waals surface area contributed by atoms with Gasteiger partial charge in [-0.15, -0.1) is 0 Å². The fourth-order valence-corrected chi connectivity index (χ4v) is 5.68. The maximum absolute atomic E-state index is 12.9. The average Bonchev–Trinajstić information content (AvgIpc) is 3.25. The van der Waals surface area contributed by atoms with Gasteiger partial charge in [-0.05, 0) is 42.9 Å². The van der Waals surface area contributed by atoms with Gasteiger partial charge in [-0.1, -0.05) is 31.4 Å². The Balaban J connectivity index is 1.50. The van der Waals surface area contributed by atoms with E-state index in [0.29, 0.717) is 23.7 Å². The number of nitrogens with zero attached hydrogens (tertiary/aromatic N) is 1. The smallest absolute Gasteiger partial charge is 0.233 e. The Hall–Kier alpha value is -1.12. The fraction of sp³-hybridized carbons (Fsp3) is 0.765. The van der Waals surface area contributed by atoms with E-state index in [0.717, 1.165) is 12.8 Å². The number of rotatable bonds is 1. The third kappa shape index (κ3) is 1.27. The van der Waals surface area contributed by atoms with Crippen LogP contribution in [-0.2, 0) is 9.59 Å². The van der Waals surface area contributed by atoms with Crippen LogP contribution < -0.4 is 0 Å². The quantitative estimate of drug-likeness (QED) is 0.542. The lowest BCUT2D eigenvalue weighted by Crippen LogP contribution is -2.42. The van der Waals surface area contributed by atoms with Crippen LogP contribution in [0, 0.1) is 35.5 Å². The zero-order valence-electron chi connectivity index (χ0n) is 11.7. The molecule has 3 nitrogen and oxygen atoms in total. The predicted molar refractivity (Wildman–Crippen MR) is 73.4 cm³/mol. The highest BCUT2D eigenvalue weighted by Crippen LogP contribution is 2.65. The first-order valence-corrected chi connectivity index (χ1v) is 8.32. The highest BCUT2D eigenvalue weighted by atomic mass is 16.2.